The maximum Gasteiger partial charge on any atom is 0.264 e. The smallest absolute Gasteiger partial charge is 0.264 e. The number of hydrogen-bond acceptors (Lipinski definition) is 4. The van der Waals surface area contributed by atoms with E-state index >= 15 is 0 Å². The molecule has 0 aromatic heterocycles. The van der Waals surface area contributed by atoms with E-state index in [9.17, 15) is 18.0 Å². The van der Waals surface area contributed by atoms with Crippen LogP contribution < -0.4 is 9.62 Å². The molecule has 0 radical (unpaired) electrons. The fourth-order valence-electron chi connectivity index (χ4n) is 4.38. The summed E-state index contributed by atoms with van der Waals surface area (Å²) in [4.78, 5) is 29.0. The van der Waals surface area contributed by atoms with Crippen LogP contribution in [0.2, 0.25) is 5.02 Å². The van der Waals surface area contributed by atoms with Gasteiger partial charge in [-0.1, -0.05) is 78.2 Å². The number of amides is 2. The molecule has 0 spiro atoms. The predicted octanol–water partition coefficient (Wildman–Crippen LogP) is 5.87. The van der Waals surface area contributed by atoms with E-state index in [1.165, 1.54) is 17.0 Å². The van der Waals surface area contributed by atoms with Gasteiger partial charge in [0.05, 0.1) is 15.6 Å². The van der Waals surface area contributed by atoms with E-state index in [4.69, 9.17) is 11.6 Å². The van der Waals surface area contributed by atoms with Gasteiger partial charge in [0, 0.05) is 12.1 Å². The van der Waals surface area contributed by atoms with Crippen molar-refractivity contribution in [3.8, 4) is 0 Å². The van der Waals surface area contributed by atoms with Crippen LogP contribution in [0.4, 0.5) is 5.69 Å². The molecule has 9 heteroatoms. The van der Waals surface area contributed by atoms with Crippen molar-refractivity contribution >= 4 is 39.1 Å². The minimum Gasteiger partial charge on any atom is -0.350 e. The number of carbonyl (C=O) groups is 2. The number of rotatable bonds is 10. The van der Waals surface area contributed by atoms with Crippen LogP contribution in [0.5, 0.6) is 0 Å². The minimum atomic E-state index is -4.18. The summed E-state index contributed by atoms with van der Waals surface area (Å²) in [6.45, 7) is 10.9. The molecule has 3 rings (SSSR count). The first-order valence-corrected chi connectivity index (χ1v) is 15.1. The van der Waals surface area contributed by atoms with Crippen LogP contribution in [0.15, 0.2) is 77.7 Å². The fourth-order valence-corrected chi connectivity index (χ4v) is 6.11. The summed E-state index contributed by atoms with van der Waals surface area (Å²) < 4.78 is 28.9. The average Bonchev–Trinajstić information content (AvgIpc) is 2.86. The van der Waals surface area contributed by atoms with Gasteiger partial charge in [-0.15, -0.1) is 0 Å². The number of anilines is 1. The van der Waals surface area contributed by atoms with Crippen LogP contribution in [-0.2, 0) is 26.2 Å². The van der Waals surface area contributed by atoms with Crippen LogP contribution in [0.3, 0.4) is 0 Å². The Labute approximate surface area is 243 Å². The third kappa shape index (κ3) is 7.86. The lowest BCUT2D eigenvalue weighted by atomic mass is 10.0. The second kappa shape index (κ2) is 12.9. The van der Waals surface area contributed by atoms with Crippen LogP contribution in [0, 0.1) is 13.8 Å². The molecule has 0 saturated carbocycles. The summed E-state index contributed by atoms with van der Waals surface area (Å²) >= 11 is 6.47. The first-order valence-electron chi connectivity index (χ1n) is 13.2. The summed E-state index contributed by atoms with van der Waals surface area (Å²) in [5.41, 5.74) is 2.42. The van der Waals surface area contributed by atoms with E-state index in [-0.39, 0.29) is 28.1 Å². The highest BCUT2D eigenvalue weighted by Crippen LogP contribution is 2.31. The molecule has 3 aromatic rings. The molecule has 7 nitrogen and oxygen atoms in total. The van der Waals surface area contributed by atoms with Crippen LogP contribution in [0.25, 0.3) is 0 Å². The molecule has 0 aliphatic heterocycles. The van der Waals surface area contributed by atoms with Gasteiger partial charge in [0.15, 0.2) is 0 Å². The van der Waals surface area contributed by atoms with Gasteiger partial charge in [-0.05, 0) is 70.9 Å². The lowest BCUT2D eigenvalue weighted by Gasteiger charge is -2.35. The second-order valence-electron chi connectivity index (χ2n) is 11.0. The first-order chi connectivity index (χ1) is 18.7. The predicted molar refractivity (Wildman–Crippen MR) is 161 cm³/mol. The third-order valence-electron chi connectivity index (χ3n) is 6.33. The Morgan fingerprint density at radius 2 is 1.57 bits per heavy atom. The molecular weight excluding hydrogens is 546 g/mol. The quantitative estimate of drug-likeness (QED) is 0.323. The topological polar surface area (TPSA) is 86.8 Å². The van der Waals surface area contributed by atoms with Gasteiger partial charge in [0.25, 0.3) is 10.0 Å². The molecule has 1 N–H and O–H groups in total. The number of nitrogens with one attached hydrogen (secondary N) is 1. The number of carbonyl (C=O) groups excluding carboxylic acids is 2. The van der Waals surface area contributed by atoms with Gasteiger partial charge in [0.1, 0.15) is 12.6 Å². The Bertz CT molecular complexity index is 1450. The van der Waals surface area contributed by atoms with Crippen LogP contribution in [0.1, 0.15) is 50.8 Å². The monoisotopic (exact) mass is 583 g/mol. The van der Waals surface area contributed by atoms with E-state index in [1.54, 1.807) is 36.4 Å². The van der Waals surface area contributed by atoms with Crippen molar-refractivity contribution < 1.29 is 18.0 Å². The van der Waals surface area contributed by atoms with Crippen molar-refractivity contribution in [2.24, 2.45) is 0 Å². The minimum absolute atomic E-state index is 0.0357. The largest absolute Gasteiger partial charge is 0.350 e. The third-order valence-corrected chi connectivity index (χ3v) is 8.42. The molecule has 0 bridgehead atoms. The SMILES string of the molecule is CCC(C(=O)NC(C)(C)C)N(Cc1cccc(C)c1)C(=O)CN(c1ccccc1Cl)S(=O)(=O)c1ccc(C)cc1. The fraction of sp³-hybridized carbons (Fsp3) is 0.355. The van der Waals surface area contributed by atoms with Gasteiger partial charge in [-0.3, -0.25) is 13.9 Å². The van der Waals surface area contributed by atoms with Crippen molar-refractivity contribution in [3.05, 3.63) is 94.5 Å². The molecule has 0 saturated heterocycles. The van der Waals surface area contributed by atoms with Crippen molar-refractivity contribution in [2.45, 2.75) is 71.0 Å². The van der Waals surface area contributed by atoms with Gasteiger partial charge >= 0.3 is 0 Å². The average molecular weight is 584 g/mol. The van der Waals surface area contributed by atoms with Crippen molar-refractivity contribution in [1.82, 2.24) is 10.2 Å². The summed E-state index contributed by atoms with van der Waals surface area (Å²) in [5.74, 6) is -0.824. The molecule has 1 unspecified atom stereocenters. The van der Waals surface area contributed by atoms with Crippen LogP contribution >= 0.6 is 11.6 Å². The molecule has 0 fully saturated rings. The molecule has 0 heterocycles. The number of benzene rings is 3. The first kappa shape index (κ1) is 31.2. The molecule has 0 aliphatic rings. The van der Waals surface area contributed by atoms with Gasteiger partial charge in [0.2, 0.25) is 11.8 Å². The number of aryl methyl sites for hydroxylation is 2. The lowest BCUT2D eigenvalue weighted by Crippen LogP contribution is -2.55. The van der Waals surface area contributed by atoms with E-state index in [1.807, 2.05) is 65.8 Å². The highest BCUT2D eigenvalue weighted by atomic mass is 35.5. The number of para-hydroxylation sites is 1. The summed E-state index contributed by atoms with van der Waals surface area (Å²) in [6, 6.07) is 19.8. The lowest BCUT2D eigenvalue weighted by molar-refractivity contribution is -0.141. The molecular formula is C31H38ClN3O4S. The Morgan fingerprint density at radius 1 is 0.925 bits per heavy atom. The Hall–Kier alpha value is -3.36. The summed E-state index contributed by atoms with van der Waals surface area (Å²) in [5, 5.41) is 3.16. The highest BCUT2D eigenvalue weighted by molar-refractivity contribution is 7.92. The molecule has 0 aliphatic carbocycles. The normalized spacial score (nSPS) is 12.5. The number of halogens is 1. The van der Waals surface area contributed by atoms with Crippen molar-refractivity contribution in [1.29, 1.82) is 0 Å². The zero-order valence-corrected chi connectivity index (χ0v) is 25.5. The van der Waals surface area contributed by atoms with Gasteiger partial charge < -0.3 is 10.2 Å². The zero-order chi connectivity index (χ0) is 29.7. The molecule has 3 aromatic carbocycles. The molecule has 214 valence electrons. The summed E-state index contributed by atoms with van der Waals surface area (Å²) in [7, 11) is -4.18. The number of nitrogens with zero attached hydrogens (tertiary/aromatic N) is 2. The van der Waals surface area contributed by atoms with Gasteiger partial charge in [-0.2, -0.15) is 0 Å². The Morgan fingerprint density at radius 3 is 2.15 bits per heavy atom. The van der Waals surface area contributed by atoms with E-state index < -0.39 is 34.1 Å². The van der Waals surface area contributed by atoms with Crippen molar-refractivity contribution in [3.63, 3.8) is 0 Å². The van der Waals surface area contributed by atoms with E-state index in [0.29, 0.717) is 6.42 Å². The highest BCUT2D eigenvalue weighted by Gasteiger charge is 2.35. The molecule has 2 amide bonds. The van der Waals surface area contributed by atoms with Crippen LogP contribution in [-0.4, -0.2) is 43.3 Å². The molecule has 1 atom stereocenters. The Kier molecular flexibility index (Phi) is 10.0. The maximum absolute atomic E-state index is 14.1. The number of sulfonamides is 1. The maximum atomic E-state index is 14.1. The molecule has 40 heavy (non-hydrogen) atoms. The zero-order valence-electron chi connectivity index (χ0n) is 23.9. The van der Waals surface area contributed by atoms with Crippen molar-refractivity contribution in [2.75, 3.05) is 10.8 Å². The van der Waals surface area contributed by atoms with E-state index in [2.05, 4.69) is 5.32 Å². The van der Waals surface area contributed by atoms with Gasteiger partial charge in [-0.25, -0.2) is 8.42 Å². The Balaban J connectivity index is 2.09. The van der Waals surface area contributed by atoms with E-state index in [0.717, 1.165) is 21.0 Å². The second-order valence-corrected chi connectivity index (χ2v) is 13.2. The number of hydrogen-bond donors (Lipinski definition) is 1. The summed E-state index contributed by atoms with van der Waals surface area (Å²) in [6.07, 6.45) is 0.344. The standard InChI is InChI=1S/C31H38ClN3O4S/c1-7-27(30(37)33-31(4,5)6)34(20-24-12-10-11-23(3)19-24)29(36)21-35(28-14-9-8-13-26(28)32)40(38,39)25-17-15-22(2)16-18-25/h8-19,27H,7,20-21H2,1-6H3,(H,33,37).